The second kappa shape index (κ2) is 5.00. The molecule has 0 saturated carbocycles. The highest BCUT2D eigenvalue weighted by molar-refractivity contribution is 6.34. The molecule has 4 rings (SSSR count). The average Bonchev–Trinajstić information content (AvgIpc) is 3.02. The van der Waals surface area contributed by atoms with Gasteiger partial charge in [0, 0.05) is 25.3 Å². The number of nitrogens with zero attached hydrogens (tertiary/aromatic N) is 3. The van der Waals surface area contributed by atoms with Crippen molar-refractivity contribution in [1.29, 1.82) is 0 Å². The third-order valence-corrected chi connectivity index (χ3v) is 4.85. The van der Waals surface area contributed by atoms with Gasteiger partial charge in [-0.2, -0.15) is 0 Å². The van der Waals surface area contributed by atoms with Crippen molar-refractivity contribution in [3.63, 3.8) is 0 Å². The summed E-state index contributed by atoms with van der Waals surface area (Å²) in [5, 5.41) is 3.75. The van der Waals surface area contributed by atoms with E-state index in [-0.39, 0.29) is 11.9 Å². The van der Waals surface area contributed by atoms with Crippen LogP contribution in [0.3, 0.4) is 0 Å². The second-order valence-electron chi connectivity index (χ2n) is 6.05. The van der Waals surface area contributed by atoms with Crippen LogP contribution in [-0.4, -0.2) is 45.9 Å². The number of hydrogen-bond acceptors (Lipinski definition) is 3. The van der Waals surface area contributed by atoms with Crippen LogP contribution >= 0.6 is 11.6 Å². The van der Waals surface area contributed by atoms with Crippen LogP contribution in [0.2, 0.25) is 5.02 Å². The summed E-state index contributed by atoms with van der Waals surface area (Å²) in [6.45, 7) is 3.31. The number of rotatable bonds is 2. The molecule has 110 valence electrons. The van der Waals surface area contributed by atoms with Gasteiger partial charge in [-0.15, -0.1) is 0 Å². The van der Waals surface area contributed by atoms with Gasteiger partial charge in [0.25, 0.3) is 5.91 Å². The molecule has 2 aliphatic heterocycles. The quantitative estimate of drug-likeness (QED) is 0.920. The van der Waals surface area contributed by atoms with E-state index in [1.165, 1.54) is 19.5 Å². The Labute approximate surface area is 127 Å². The molecule has 5 nitrogen and oxygen atoms in total. The Morgan fingerprint density at radius 3 is 3.19 bits per heavy atom. The van der Waals surface area contributed by atoms with Crippen LogP contribution < -0.4 is 5.32 Å². The molecule has 3 atom stereocenters. The van der Waals surface area contributed by atoms with Gasteiger partial charge >= 0.3 is 0 Å². The zero-order valence-electron chi connectivity index (χ0n) is 11.6. The summed E-state index contributed by atoms with van der Waals surface area (Å²) in [5.41, 5.74) is 1.24. The lowest BCUT2D eigenvalue weighted by molar-refractivity contribution is 0.0904. The minimum Gasteiger partial charge on any atom is -0.347 e. The average molecular weight is 305 g/mol. The van der Waals surface area contributed by atoms with Crippen molar-refractivity contribution in [2.24, 2.45) is 5.92 Å². The fourth-order valence-electron chi connectivity index (χ4n) is 3.52. The largest absolute Gasteiger partial charge is 0.347 e. The van der Waals surface area contributed by atoms with Gasteiger partial charge in [-0.3, -0.25) is 4.79 Å². The number of carbonyl (C=O) groups excluding carboxylic acids is 1. The van der Waals surface area contributed by atoms with E-state index in [0.717, 1.165) is 24.4 Å². The summed E-state index contributed by atoms with van der Waals surface area (Å²) >= 11 is 6.10. The van der Waals surface area contributed by atoms with Crippen LogP contribution in [0.15, 0.2) is 24.7 Å². The minimum atomic E-state index is -0.109. The lowest BCUT2D eigenvalue weighted by Gasteiger charge is -2.30. The highest BCUT2D eigenvalue weighted by Gasteiger charge is 2.33. The number of aromatic nitrogens is 2. The van der Waals surface area contributed by atoms with Crippen molar-refractivity contribution < 1.29 is 4.79 Å². The zero-order valence-corrected chi connectivity index (χ0v) is 12.4. The summed E-state index contributed by atoms with van der Waals surface area (Å²) < 4.78 is 1.81. The summed E-state index contributed by atoms with van der Waals surface area (Å²) in [4.78, 5) is 19.0. The molecule has 21 heavy (non-hydrogen) atoms. The van der Waals surface area contributed by atoms with Gasteiger partial charge in [-0.25, -0.2) is 4.98 Å². The number of carbonyl (C=O) groups is 1. The molecule has 2 saturated heterocycles. The molecule has 0 aliphatic carbocycles. The van der Waals surface area contributed by atoms with E-state index in [1.54, 1.807) is 18.5 Å². The Bertz CT molecular complexity index is 686. The summed E-state index contributed by atoms with van der Waals surface area (Å²) in [7, 11) is 0. The molecular formula is C15H17ClN4O. The van der Waals surface area contributed by atoms with Crippen LogP contribution in [0.4, 0.5) is 0 Å². The van der Waals surface area contributed by atoms with Crippen molar-refractivity contribution >= 4 is 23.0 Å². The lowest BCUT2D eigenvalue weighted by Crippen LogP contribution is -2.47. The standard InChI is InChI=1S/C15H17ClN4O/c16-12-2-4-20-9-17-13(6-14(12)20)15(21)18-11-5-10-1-3-19(7-10)8-11/h2,4,6,9-11H,1,3,5,7-8H2,(H,18,21)/t10-,11+/m0/s1. The maximum Gasteiger partial charge on any atom is 0.270 e. The fourth-order valence-corrected chi connectivity index (χ4v) is 3.73. The molecule has 1 amide bonds. The molecule has 4 heterocycles. The van der Waals surface area contributed by atoms with E-state index >= 15 is 0 Å². The minimum absolute atomic E-state index is 0.109. The first-order valence-corrected chi connectivity index (χ1v) is 7.72. The Kier molecular flexibility index (Phi) is 3.12. The van der Waals surface area contributed by atoms with Gasteiger partial charge in [0.2, 0.25) is 0 Å². The molecule has 1 N–H and O–H groups in total. The summed E-state index contributed by atoms with van der Waals surface area (Å²) in [6.07, 6.45) is 5.80. The molecule has 6 heteroatoms. The first kappa shape index (κ1) is 13.1. The maximum absolute atomic E-state index is 12.4. The van der Waals surface area contributed by atoms with Gasteiger partial charge in [0.1, 0.15) is 12.0 Å². The highest BCUT2D eigenvalue weighted by atomic mass is 35.5. The number of nitrogens with one attached hydrogen (secondary N) is 1. The lowest BCUT2D eigenvalue weighted by atomic mass is 9.97. The Hall–Kier alpha value is -1.59. The predicted molar refractivity (Wildman–Crippen MR) is 80.6 cm³/mol. The first-order chi connectivity index (χ1) is 10.2. The predicted octanol–water partition coefficient (Wildman–Crippen LogP) is 1.81. The number of halogens is 1. The van der Waals surface area contributed by atoms with Gasteiger partial charge < -0.3 is 14.6 Å². The van der Waals surface area contributed by atoms with Crippen LogP contribution in [0, 0.1) is 5.92 Å². The third kappa shape index (κ3) is 2.40. The molecule has 1 unspecified atom stereocenters. The van der Waals surface area contributed by atoms with E-state index in [9.17, 15) is 4.79 Å². The second-order valence-corrected chi connectivity index (χ2v) is 6.46. The topological polar surface area (TPSA) is 49.6 Å². The van der Waals surface area contributed by atoms with E-state index in [0.29, 0.717) is 10.7 Å². The molecule has 0 spiro atoms. The third-order valence-electron chi connectivity index (χ3n) is 4.53. The van der Waals surface area contributed by atoms with Crippen LogP contribution in [-0.2, 0) is 0 Å². The van der Waals surface area contributed by atoms with Crippen molar-refractivity contribution in [3.05, 3.63) is 35.4 Å². The smallest absolute Gasteiger partial charge is 0.270 e. The van der Waals surface area contributed by atoms with E-state index in [2.05, 4.69) is 15.2 Å². The zero-order chi connectivity index (χ0) is 14.4. The van der Waals surface area contributed by atoms with Crippen molar-refractivity contribution in [2.75, 3.05) is 19.6 Å². The van der Waals surface area contributed by atoms with Crippen molar-refractivity contribution in [1.82, 2.24) is 19.6 Å². The number of piperidine rings is 1. The van der Waals surface area contributed by atoms with Crippen molar-refractivity contribution in [2.45, 2.75) is 18.9 Å². The normalized spacial score (nSPS) is 28.0. The maximum atomic E-state index is 12.4. The van der Waals surface area contributed by atoms with Crippen LogP contribution in [0.5, 0.6) is 0 Å². The molecule has 2 aromatic rings. The number of amides is 1. The molecule has 2 fully saturated rings. The van der Waals surface area contributed by atoms with Gasteiger partial charge in [0.05, 0.1) is 10.5 Å². The highest BCUT2D eigenvalue weighted by Crippen LogP contribution is 2.27. The molecule has 0 radical (unpaired) electrons. The van der Waals surface area contributed by atoms with Crippen LogP contribution in [0.25, 0.3) is 5.52 Å². The Morgan fingerprint density at radius 2 is 2.33 bits per heavy atom. The molecule has 2 aromatic heterocycles. The van der Waals surface area contributed by atoms with E-state index < -0.39 is 0 Å². The molecule has 2 aliphatic rings. The first-order valence-electron chi connectivity index (χ1n) is 7.34. The summed E-state index contributed by atoms with van der Waals surface area (Å²) in [5.74, 6) is 0.627. The molecule has 2 bridgehead atoms. The number of hydrogen-bond donors (Lipinski definition) is 1. The summed E-state index contributed by atoms with van der Waals surface area (Å²) in [6, 6.07) is 3.78. The van der Waals surface area contributed by atoms with Crippen molar-refractivity contribution in [3.8, 4) is 0 Å². The van der Waals surface area contributed by atoms with E-state index in [4.69, 9.17) is 11.6 Å². The van der Waals surface area contributed by atoms with E-state index in [1.807, 2.05) is 10.6 Å². The molecular weight excluding hydrogens is 288 g/mol. The Morgan fingerprint density at radius 1 is 1.43 bits per heavy atom. The SMILES string of the molecule is O=C(N[C@@H]1C[C@@H]2CCN(C2)C1)c1cc2c(Cl)ccn2cn1. The van der Waals surface area contributed by atoms with Gasteiger partial charge in [0.15, 0.2) is 0 Å². The monoisotopic (exact) mass is 304 g/mol. The molecule has 0 aromatic carbocycles. The Balaban J connectivity index is 1.52. The fraction of sp³-hybridized carbons (Fsp3) is 0.467. The number of fused-ring (bicyclic) bond motifs is 3. The van der Waals surface area contributed by atoms with Crippen LogP contribution in [0.1, 0.15) is 23.3 Å². The van der Waals surface area contributed by atoms with Gasteiger partial charge in [-0.1, -0.05) is 11.6 Å². The van der Waals surface area contributed by atoms with Gasteiger partial charge in [-0.05, 0) is 37.4 Å².